The summed E-state index contributed by atoms with van der Waals surface area (Å²) >= 11 is 0. The highest BCUT2D eigenvalue weighted by Gasteiger charge is 2.23. The Morgan fingerprint density at radius 3 is 2.89 bits per heavy atom. The maximum absolute atomic E-state index is 5.96. The van der Waals surface area contributed by atoms with Crippen LogP contribution in [0.5, 0.6) is 11.6 Å². The fraction of sp³-hybridized carbons (Fsp3) is 0.429. The predicted octanol–water partition coefficient (Wildman–Crippen LogP) is 3.16. The van der Waals surface area contributed by atoms with Crippen molar-refractivity contribution in [2.75, 3.05) is 20.2 Å². The van der Waals surface area contributed by atoms with Gasteiger partial charge in [0.05, 0.1) is 13.2 Å². The first-order valence-electron chi connectivity index (χ1n) is 9.57. The zero-order valence-corrected chi connectivity index (χ0v) is 18.4. The molecule has 1 aromatic heterocycles. The van der Waals surface area contributed by atoms with Gasteiger partial charge in [-0.15, -0.1) is 24.0 Å². The molecule has 1 aliphatic heterocycles. The Labute approximate surface area is 183 Å². The van der Waals surface area contributed by atoms with Crippen LogP contribution in [0.1, 0.15) is 24.0 Å². The number of guanidine groups is 1. The molecule has 1 aromatic carbocycles. The number of halogens is 1. The zero-order valence-electron chi connectivity index (χ0n) is 16.1. The van der Waals surface area contributed by atoms with Crippen molar-refractivity contribution in [1.82, 2.24) is 15.6 Å². The summed E-state index contributed by atoms with van der Waals surface area (Å²) < 4.78 is 11.7. The number of para-hydroxylation sites is 1. The lowest BCUT2D eigenvalue weighted by atomic mass is 10.1. The number of ether oxygens (including phenoxy) is 2. The topological polar surface area (TPSA) is 67.8 Å². The van der Waals surface area contributed by atoms with Gasteiger partial charge in [0, 0.05) is 32.3 Å². The average molecular weight is 494 g/mol. The third-order valence-corrected chi connectivity index (χ3v) is 4.86. The molecule has 1 unspecified atom stereocenters. The third-order valence-electron chi connectivity index (χ3n) is 4.86. The largest absolute Gasteiger partial charge is 0.488 e. The van der Waals surface area contributed by atoms with Crippen LogP contribution in [0.25, 0.3) is 0 Å². The Hall–Kier alpha value is -2.03. The maximum Gasteiger partial charge on any atom is 0.213 e. The molecule has 0 radical (unpaired) electrons. The van der Waals surface area contributed by atoms with Gasteiger partial charge in [0.25, 0.3) is 0 Å². The molecule has 2 N–H and O–H groups in total. The second-order valence-electron chi connectivity index (χ2n) is 7.12. The van der Waals surface area contributed by atoms with Crippen molar-refractivity contribution in [2.24, 2.45) is 10.9 Å². The van der Waals surface area contributed by atoms with Gasteiger partial charge in [-0.1, -0.05) is 18.2 Å². The van der Waals surface area contributed by atoms with E-state index in [1.54, 1.807) is 13.2 Å². The van der Waals surface area contributed by atoms with Crippen molar-refractivity contribution in [1.29, 1.82) is 0 Å². The van der Waals surface area contributed by atoms with Gasteiger partial charge in [-0.3, -0.25) is 4.99 Å². The summed E-state index contributed by atoms with van der Waals surface area (Å²) in [7, 11) is 1.77. The molecule has 4 rings (SSSR count). The van der Waals surface area contributed by atoms with Crippen molar-refractivity contribution in [3.8, 4) is 11.6 Å². The van der Waals surface area contributed by atoms with Crippen LogP contribution in [-0.2, 0) is 13.0 Å². The maximum atomic E-state index is 5.96. The number of benzene rings is 1. The Morgan fingerprint density at radius 1 is 1.25 bits per heavy atom. The van der Waals surface area contributed by atoms with E-state index in [0.717, 1.165) is 36.2 Å². The molecule has 7 heteroatoms. The van der Waals surface area contributed by atoms with Gasteiger partial charge < -0.3 is 20.1 Å². The molecule has 2 aromatic rings. The van der Waals surface area contributed by atoms with Gasteiger partial charge >= 0.3 is 0 Å². The molecule has 1 atom stereocenters. The molecule has 0 saturated heterocycles. The molecule has 1 saturated carbocycles. The van der Waals surface area contributed by atoms with Crippen LogP contribution in [0, 0.1) is 5.92 Å². The molecule has 28 heavy (non-hydrogen) atoms. The lowest BCUT2D eigenvalue weighted by molar-refractivity contribution is 0.235. The Balaban J connectivity index is 0.00000225. The Morgan fingerprint density at radius 2 is 2.11 bits per heavy atom. The molecular formula is C21H27IN4O2. The normalized spacial score (nSPS) is 17.9. The molecule has 2 aliphatic rings. The number of fused-ring (bicyclic) bond motifs is 1. The quantitative estimate of drug-likeness (QED) is 0.352. The van der Waals surface area contributed by atoms with Gasteiger partial charge in [0.2, 0.25) is 5.88 Å². The van der Waals surface area contributed by atoms with E-state index in [1.165, 1.54) is 18.4 Å². The van der Waals surface area contributed by atoms with Gasteiger partial charge in [-0.25, -0.2) is 4.98 Å². The van der Waals surface area contributed by atoms with E-state index in [0.29, 0.717) is 19.0 Å². The molecule has 0 spiro atoms. The molecule has 6 nitrogen and oxygen atoms in total. The zero-order chi connectivity index (χ0) is 18.5. The fourth-order valence-corrected chi connectivity index (χ4v) is 3.11. The van der Waals surface area contributed by atoms with E-state index in [4.69, 9.17) is 9.47 Å². The number of aliphatic imine (C=N–C) groups is 1. The van der Waals surface area contributed by atoms with Crippen LogP contribution >= 0.6 is 24.0 Å². The smallest absolute Gasteiger partial charge is 0.213 e. The van der Waals surface area contributed by atoms with Crippen LogP contribution in [0.3, 0.4) is 0 Å². The van der Waals surface area contributed by atoms with Crippen molar-refractivity contribution < 1.29 is 9.47 Å². The minimum absolute atomic E-state index is 0. The summed E-state index contributed by atoms with van der Waals surface area (Å²) in [5.74, 6) is 3.16. The van der Waals surface area contributed by atoms with Crippen molar-refractivity contribution in [3.63, 3.8) is 0 Å². The van der Waals surface area contributed by atoms with E-state index in [9.17, 15) is 0 Å². The number of nitrogens with zero attached hydrogens (tertiary/aromatic N) is 2. The number of aromatic nitrogens is 1. The monoisotopic (exact) mass is 494 g/mol. The van der Waals surface area contributed by atoms with Crippen molar-refractivity contribution in [2.45, 2.75) is 31.9 Å². The van der Waals surface area contributed by atoms with E-state index in [1.807, 2.05) is 24.3 Å². The van der Waals surface area contributed by atoms with Gasteiger partial charge in [-0.2, -0.15) is 0 Å². The predicted molar refractivity (Wildman–Crippen MR) is 121 cm³/mol. The number of rotatable bonds is 7. The molecule has 1 aliphatic carbocycles. The summed E-state index contributed by atoms with van der Waals surface area (Å²) in [6.45, 7) is 2.14. The SMILES string of the molecule is CN=C(NCc1ccnc(OCC2CC2)c1)NCC1Cc2ccccc2O1.I. The van der Waals surface area contributed by atoms with E-state index < -0.39 is 0 Å². The number of nitrogens with one attached hydrogen (secondary N) is 2. The molecule has 0 amide bonds. The van der Waals surface area contributed by atoms with Crippen LogP contribution in [0.15, 0.2) is 47.6 Å². The second kappa shape index (κ2) is 9.95. The average Bonchev–Trinajstić information content (AvgIpc) is 3.44. The summed E-state index contributed by atoms with van der Waals surface area (Å²) in [6, 6.07) is 12.2. The van der Waals surface area contributed by atoms with E-state index in [-0.39, 0.29) is 30.1 Å². The lowest BCUT2D eigenvalue weighted by Crippen LogP contribution is -2.41. The van der Waals surface area contributed by atoms with Crippen LogP contribution in [0.2, 0.25) is 0 Å². The molecule has 0 bridgehead atoms. The van der Waals surface area contributed by atoms with Crippen LogP contribution in [0.4, 0.5) is 0 Å². The first-order valence-corrected chi connectivity index (χ1v) is 9.57. The fourth-order valence-electron chi connectivity index (χ4n) is 3.11. The number of hydrogen-bond donors (Lipinski definition) is 2. The first-order chi connectivity index (χ1) is 13.3. The molecule has 1 fully saturated rings. The number of hydrogen-bond acceptors (Lipinski definition) is 4. The first kappa shape index (κ1) is 20.7. The highest BCUT2D eigenvalue weighted by atomic mass is 127. The van der Waals surface area contributed by atoms with Gasteiger partial charge in [0.1, 0.15) is 11.9 Å². The summed E-state index contributed by atoms with van der Waals surface area (Å²) in [5, 5.41) is 6.68. The minimum Gasteiger partial charge on any atom is -0.488 e. The second-order valence-corrected chi connectivity index (χ2v) is 7.12. The van der Waals surface area contributed by atoms with Crippen molar-refractivity contribution >= 4 is 29.9 Å². The van der Waals surface area contributed by atoms with Crippen LogP contribution < -0.4 is 20.1 Å². The highest BCUT2D eigenvalue weighted by molar-refractivity contribution is 14.0. The Kier molecular flexibility index (Phi) is 7.36. The van der Waals surface area contributed by atoms with Crippen LogP contribution in [-0.4, -0.2) is 37.2 Å². The van der Waals surface area contributed by atoms with E-state index >= 15 is 0 Å². The highest BCUT2D eigenvalue weighted by Crippen LogP contribution is 2.29. The molecular weight excluding hydrogens is 467 g/mol. The van der Waals surface area contributed by atoms with Crippen molar-refractivity contribution in [3.05, 3.63) is 53.7 Å². The van der Waals surface area contributed by atoms with Gasteiger partial charge in [0.15, 0.2) is 5.96 Å². The summed E-state index contributed by atoms with van der Waals surface area (Å²) in [4.78, 5) is 8.58. The Bertz CT molecular complexity index is 785. The third kappa shape index (κ3) is 5.73. The molecule has 150 valence electrons. The summed E-state index contributed by atoms with van der Waals surface area (Å²) in [6.07, 6.45) is 5.40. The summed E-state index contributed by atoms with van der Waals surface area (Å²) in [5.41, 5.74) is 2.38. The lowest BCUT2D eigenvalue weighted by Gasteiger charge is -2.16. The molecule has 2 heterocycles. The standard InChI is InChI=1S/C21H26N4O2.HI/c1-22-21(25-13-18-11-17-4-2-3-5-19(17)27-18)24-12-16-8-9-23-20(10-16)26-14-15-6-7-15;/h2-5,8-10,15,18H,6-7,11-14H2,1H3,(H2,22,24,25);1H. The van der Waals surface area contributed by atoms with E-state index in [2.05, 4.69) is 32.7 Å². The van der Waals surface area contributed by atoms with Gasteiger partial charge in [-0.05, 0) is 42.0 Å². The minimum atomic E-state index is 0. The number of pyridine rings is 1.